The van der Waals surface area contributed by atoms with Crippen LogP contribution in [-0.2, 0) is 0 Å². The second-order valence-electron chi connectivity index (χ2n) is 4.42. The second kappa shape index (κ2) is 5.97. The van der Waals surface area contributed by atoms with Gasteiger partial charge >= 0.3 is 0 Å². The Bertz CT molecular complexity index is 720. The van der Waals surface area contributed by atoms with E-state index < -0.39 is 0 Å². The van der Waals surface area contributed by atoms with Crippen molar-refractivity contribution in [3.05, 3.63) is 53.6 Å². The minimum Gasteiger partial charge on any atom is -0.494 e. The summed E-state index contributed by atoms with van der Waals surface area (Å²) in [6, 6.07) is 14.0. The zero-order valence-electron chi connectivity index (χ0n) is 11.8. The van der Waals surface area contributed by atoms with Crippen LogP contribution in [0.2, 0.25) is 0 Å². The molecule has 2 aromatic rings. The molecule has 0 heterocycles. The predicted molar refractivity (Wildman–Crippen MR) is 81.3 cm³/mol. The van der Waals surface area contributed by atoms with Crippen LogP contribution in [0.25, 0.3) is 0 Å². The molecule has 106 valence electrons. The van der Waals surface area contributed by atoms with E-state index in [1.54, 1.807) is 49.5 Å². The van der Waals surface area contributed by atoms with Crippen molar-refractivity contribution in [2.24, 2.45) is 0 Å². The van der Waals surface area contributed by atoms with Gasteiger partial charge in [0.2, 0.25) is 0 Å². The number of nitrogen functional groups attached to an aromatic ring is 1. The van der Waals surface area contributed by atoms with Gasteiger partial charge in [0, 0.05) is 7.05 Å². The first kappa shape index (κ1) is 14.4. The van der Waals surface area contributed by atoms with Crippen LogP contribution in [0.5, 0.6) is 5.75 Å². The molecule has 0 atom stereocenters. The third-order valence-electron chi connectivity index (χ3n) is 3.17. The lowest BCUT2D eigenvalue weighted by atomic mass is 10.1. The van der Waals surface area contributed by atoms with Crippen molar-refractivity contribution in [1.82, 2.24) is 0 Å². The van der Waals surface area contributed by atoms with Crippen LogP contribution in [0, 0.1) is 11.3 Å². The molecule has 0 radical (unpaired) electrons. The number of benzene rings is 2. The number of amides is 1. The molecule has 5 heteroatoms. The van der Waals surface area contributed by atoms with Gasteiger partial charge in [0.05, 0.1) is 29.6 Å². The Labute approximate surface area is 123 Å². The molecule has 0 aliphatic carbocycles. The summed E-state index contributed by atoms with van der Waals surface area (Å²) >= 11 is 0. The van der Waals surface area contributed by atoms with Gasteiger partial charge in [-0.1, -0.05) is 18.2 Å². The van der Waals surface area contributed by atoms with E-state index in [2.05, 4.69) is 6.07 Å². The van der Waals surface area contributed by atoms with Gasteiger partial charge in [0.15, 0.2) is 5.75 Å². The molecule has 0 fully saturated rings. The van der Waals surface area contributed by atoms with Gasteiger partial charge in [0.1, 0.15) is 6.07 Å². The number of carbonyl (C=O) groups is 1. The molecule has 21 heavy (non-hydrogen) atoms. The molecule has 5 nitrogen and oxygen atoms in total. The first-order valence-electron chi connectivity index (χ1n) is 6.29. The van der Waals surface area contributed by atoms with Gasteiger partial charge in [0.25, 0.3) is 5.91 Å². The molecule has 0 aliphatic rings. The zero-order valence-corrected chi connectivity index (χ0v) is 11.8. The lowest BCUT2D eigenvalue weighted by Crippen LogP contribution is -2.27. The standard InChI is InChI=1S/C16H15N3O2/c1-19(14-9-4-3-6-11(14)10-17)16(20)12-7-5-8-13(18)15(12)21-2/h3-9H,18H2,1-2H3. The molecule has 2 aromatic carbocycles. The Morgan fingerprint density at radius 1 is 1.24 bits per heavy atom. The van der Waals surface area contributed by atoms with Crippen LogP contribution < -0.4 is 15.4 Å². The van der Waals surface area contributed by atoms with E-state index >= 15 is 0 Å². The number of hydrogen-bond donors (Lipinski definition) is 1. The van der Waals surface area contributed by atoms with E-state index in [0.29, 0.717) is 28.3 Å². The molecule has 2 rings (SSSR count). The molecule has 0 aliphatic heterocycles. The number of nitrogens with two attached hydrogens (primary N) is 1. The summed E-state index contributed by atoms with van der Waals surface area (Å²) in [5.74, 6) is 0.0469. The highest BCUT2D eigenvalue weighted by Crippen LogP contribution is 2.29. The summed E-state index contributed by atoms with van der Waals surface area (Å²) < 4.78 is 5.20. The first-order valence-corrected chi connectivity index (χ1v) is 6.29. The van der Waals surface area contributed by atoms with Gasteiger partial charge < -0.3 is 15.4 Å². The maximum atomic E-state index is 12.6. The highest BCUT2D eigenvalue weighted by atomic mass is 16.5. The van der Waals surface area contributed by atoms with Crippen LogP contribution in [-0.4, -0.2) is 20.1 Å². The Morgan fingerprint density at radius 2 is 1.95 bits per heavy atom. The lowest BCUT2D eigenvalue weighted by molar-refractivity contribution is 0.0990. The Hall–Kier alpha value is -3.00. The van der Waals surface area contributed by atoms with Crippen LogP contribution >= 0.6 is 0 Å². The van der Waals surface area contributed by atoms with Crippen molar-refractivity contribution in [2.45, 2.75) is 0 Å². The summed E-state index contributed by atoms with van der Waals surface area (Å²) in [5, 5.41) is 9.13. The zero-order chi connectivity index (χ0) is 15.4. The summed E-state index contributed by atoms with van der Waals surface area (Å²) in [5.41, 5.74) is 7.53. The van der Waals surface area contributed by atoms with Crippen molar-refractivity contribution in [3.8, 4) is 11.8 Å². The van der Waals surface area contributed by atoms with Gasteiger partial charge in [-0.2, -0.15) is 5.26 Å². The lowest BCUT2D eigenvalue weighted by Gasteiger charge is -2.20. The van der Waals surface area contributed by atoms with Gasteiger partial charge in [-0.15, -0.1) is 0 Å². The second-order valence-corrected chi connectivity index (χ2v) is 4.42. The monoisotopic (exact) mass is 281 g/mol. The van der Waals surface area contributed by atoms with E-state index in [4.69, 9.17) is 15.7 Å². The molecular formula is C16H15N3O2. The van der Waals surface area contributed by atoms with Crippen molar-refractivity contribution < 1.29 is 9.53 Å². The number of nitrogens with zero attached hydrogens (tertiary/aromatic N) is 2. The number of ether oxygens (including phenoxy) is 1. The smallest absolute Gasteiger partial charge is 0.261 e. The fourth-order valence-electron chi connectivity index (χ4n) is 2.10. The largest absolute Gasteiger partial charge is 0.494 e. The first-order chi connectivity index (χ1) is 10.1. The average Bonchev–Trinajstić information content (AvgIpc) is 2.53. The Morgan fingerprint density at radius 3 is 2.62 bits per heavy atom. The normalized spacial score (nSPS) is 9.76. The maximum absolute atomic E-state index is 12.6. The summed E-state index contributed by atoms with van der Waals surface area (Å²) in [6.45, 7) is 0. The predicted octanol–water partition coefficient (Wildman–Crippen LogP) is 2.43. The average molecular weight is 281 g/mol. The van der Waals surface area contributed by atoms with Crippen LogP contribution in [0.1, 0.15) is 15.9 Å². The van der Waals surface area contributed by atoms with E-state index in [1.807, 2.05) is 0 Å². The third kappa shape index (κ3) is 2.65. The minimum atomic E-state index is -0.290. The van der Waals surface area contributed by atoms with E-state index in [9.17, 15) is 4.79 Å². The fourth-order valence-corrected chi connectivity index (χ4v) is 2.10. The van der Waals surface area contributed by atoms with Gasteiger partial charge in [-0.25, -0.2) is 0 Å². The molecular weight excluding hydrogens is 266 g/mol. The molecule has 0 spiro atoms. The van der Waals surface area contributed by atoms with Crippen LogP contribution in [0.4, 0.5) is 11.4 Å². The molecule has 2 N–H and O–H groups in total. The summed E-state index contributed by atoms with van der Waals surface area (Å²) in [4.78, 5) is 14.0. The molecule has 0 saturated heterocycles. The number of para-hydroxylation sites is 2. The topological polar surface area (TPSA) is 79.3 Å². The van der Waals surface area contributed by atoms with E-state index in [1.165, 1.54) is 12.0 Å². The number of anilines is 2. The van der Waals surface area contributed by atoms with E-state index in [0.717, 1.165) is 0 Å². The van der Waals surface area contributed by atoms with Crippen molar-refractivity contribution in [2.75, 3.05) is 24.8 Å². The van der Waals surface area contributed by atoms with Crippen molar-refractivity contribution >= 4 is 17.3 Å². The maximum Gasteiger partial charge on any atom is 0.261 e. The summed E-state index contributed by atoms with van der Waals surface area (Å²) in [6.07, 6.45) is 0. The van der Waals surface area contributed by atoms with Crippen molar-refractivity contribution in [3.63, 3.8) is 0 Å². The third-order valence-corrected chi connectivity index (χ3v) is 3.17. The van der Waals surface area contributed by atoms with Crippen LogP contribution in [0.3, 0.4) is 0 Å². The number of carbonyl (C=O) groups excluding carboxylic acids is 1. The molecule has 0 unspecified atom stereocenters. The fraction of sp³-hybridized carbons (Fsp3) is 0.125. The highest BCUT2D eigenvalue weighted by Gasteiger charge is 2.20. The van der Waals surface area contributed by atoms with E-state index in [-0.39, 0.29) is 5.91 Å². The molecule has 0 aromatic heterocycles. The number of rotatable bonds is 3. The van der Waals surface area contributed by atoms with Gasteiger partial charge in [-0.3, -0.25) is 4.79 Å². The Balaban J connectivity index is 2.46. The molecule has 0 bridgehead atoms. The quantitative estimate of drug-likeness (QED) is 0.876. The van der Waals surface area contributed by atoms with Gasteiger partial charge in [-0.05, 0) is 24.3 Å². The number of nitriles is 1. The Kier molecular flexibility index (Phi) is 4.10. The van der Waals surface area contributed by atoms with Crippen LogP contribution in [0.15, 0.2) is 42.5 Å². The minimum absolute atomic E-state index is 0.290. The summed E-state index contributed by atoms with van der Waals surface area (Å²) in [7, 11) is 3.08. The molecule has 0 saturated carbocycles. The SMILES string of the molecule is COc1c(N)cccc1C(=O)N(C)c1ccccc1C#N. The molecule has 1 amide bonds. The van der Waals surface area contributed by atoms with Crippen molar-refractivity contribution in [1.29, 1.82) is 5.26 Å². The highest BCUT2D eigenvalue weighted by molar-refractivity contribution is 6.09. The number of hydrogen-bond acceptors (Lipinski definition) is 4. The number of methoxy groups -OCH3 is 1.